The zero-order valence-corrected chi connectivity index (χ0v) is 10.8. The molecule has 3 atom stereocenters. The molecule has 4 heteroatoms. The third-order valence-corrected chi connectivity index (χ3v) is 4.58. The molecule has 1 aliphatic carbocycles. The van der Waals surface area contributed by atoms with Gasteiger partial charge in [0, 0.05) is 24.7 Å². The van der Waals surface area contributed by atoms with Crippen LogP contribution >= 0.6 is 0 Å². The minimum atomic E-state index is -0.689. The van der Waals surface area contributed by atoms with Crippen molar-refractivity contribution in [1.29, 1.82) is 0 Å². The number of fused-ring (bicyclic) bond motifs is 3. The van der Waals surface area contributed by atoms with Crippen LogP contribution in [0.25, 0.3) is 0 Å². The minimum Gasteiger partial charge on any atom is -0.481 e. The first-order valence-corrected chi connectivity index (χ1v) is 6.87. The van der Waals surface area contributed by atoms with Gasteiger partial charge in [-0.15, -0.1) is 0 Å². The highest BCUT2D eigenvalue weighted by Gasteiger charge is 2.40. The Morgan fingerprint density at radius 3 is 2.63 bits per heavy atom. The van der Waals surface area contributed by atoms with Crippen molar-refractivity contribution in [2.24, 2.45) is 11.8 Å². The van der Waals surface area contributed by atoms with Crippen molar-refractivity contribution in [3.05, 3.63) is 30.1 Å². The third-order valence-electron chi connectivity index (χ3n) is 4.58. The van der Waals surface area contributed by atoms with E-state index in [0.29, 0.717) is 24.3 Å². The standard InChI is InChI=1S/C15H18FNO2/c16-12-2-5-13(6-3-12)17-9-10-1-4-14(17)7-11(10)8-15(18)19/h2-3,5-6,10-11,14H,1,4,7-9H2,(H,18,19). The molecule has 1 aromatic rings. The maximum atomic E-state index is 13.0. The molecule has 3 unspecified atom stereocenters. The van der Waals surface area contributed by atoms with Gasteiger partial charge in [-0.3, -0.25) is 4.79 Å². The summed E-state index contributed by atoms with van der Waals surface area (Å²) in [5.41, 5.74) is 1.06. The normalized spacial score (nSPS) is 29.5. The van der Waals surface area contributed by atoms with Gasteiger partial charge in [-0.2, -0.15) is 0 Å². The Kier molecular flexibility index (Phi) is 3.17. The Hall–Kier alpha value is -1.58. The van der Waals surface area contributed by atoms with E-state index in [4.69, 9.17) is 5.11 Å². The van der Waals surface area contributed by atoms with Crippen LogP contribution in [0.5, 0.6) is 0 Å². The molecule has 3 aliphatic rings. The number of aliphatic carboxylic acids is 1. The van der Waals surface area contributed by atoms with Crippen LogP contribution in [0.1, 0.15) is 25.7 Å². The smallest absolute Gasteiger partial charge is 0.303 e. The molecule has 1 saturated carbocycles. The van der Waals surface area contributed by atoms with Crippen molar-refractivity contribution in [2.75, 3.05) is 11.4 Å². The summed E-state index contributed by atoms with van der Waals surface area (Å²) in [5, 5.41) is 8.95. The predicted octanol–water partition coefficient (Wildman–Crippen LogP) is 2.91. The molecule has 0 amide bonds. The minimum absolute atomic E-state index is 0.213. The van der Waals surface area contributed by atoms with E-state index in [1.165, 1.54) is 12.1 Å². The number of hydrogen-bond acceptors (Lipinski definition) is 2. The van der Waals surface area contributed by atoms with Crippen molar-refractivity contribution in [3.8, 4) is 0 Å². The highest BCUT2D eigenvalue weighted by atomic mass is 19.1. The Morgan fingerprint density at radius 2 is 2.05 bits per heavy atom. The number of rotatable bonds is 3. The van der Waals surface area contributed by atoms with E-state index in [1.54, 1.807) is 0 Å². The third kappa shape index (κ3) is 2.44. The van der Waals surface area contributed by atoms with Gasteiger partial charge in [0.1, 0.15) is 5.82 Å². The average Bonchev–Trinajstić information content (AvgIpc) is 2.39. The monoisotopic (exact) mass is 263 g/mol. The molecule has 19 heavy (non-hydrogen) atoms. The van der Waals surface area contributed by atoms with Gasteiger partial charge in [0.25, 0.3) is 0 Å². The lowest BCUT2D eigenvalue weighted by Gasteiger charge is -2.50. The summed E-state index contributed by atoms with van der Waals surface area (Å²) in [6.07, 6.45) is 3.49. The first-order valence-electron chi connectivity index (χ1n) is 6.87. The van der Waals surface area contributed by atoms with Gasteiger partial charge in [0.2, 0.25) is 0 Å². The molecule has 2 heterocycles. The van der Waals surface area contributed by atoms with E-state index in [1.807, 2.05) is 12.1 Å². The maximum Gasteiger partial charge on any atom is 0.303 e. The molecule has 3 nitrogen and oxygen atoms in total. The van der Waals surface area contributed by atoms with Gasteiger partial charge in [0.15, 0.2) is 0 Å². The maximum absolute atomic E-state index is 13.0. The van der Waals surface area contributed by atoms with Crippen molar-refractivity contribution in [3.63, 3.8) is 0 Å². The van der Waals surface area contributed by atoms with Crippen LogP contribution < -0.4 is 4.90 Å². The summed E-state index contributed by atoms with van der Waals surface area (Å²) in [6.45, 7) is 0.911. The number of anilines is 1. The SMILES string of the molecule is O=C(O)CC1CC2CCC1CN2c1ccc(F)cc1. The lowest BCUT2D eigenvalue weighted by atomic mass is 9.70. The van der Waals surface area contributed by atoms with E-state index in [2.05, 4.69) is 4.90 Å². The average molecular weight is 263 g/mol. The van der Waals surface area contributed by atoms with Crippen molar-refractivity contribution >= 4 is 11.7 Å². The summed E-state index contributed by atoms with van der Waals surface area (Å²) in [6, 6.07) is 7.04. The lowest BCUT2D eigenvalue weighted by molar-refractivity contribution is -0.139. The molecule has 0 aromatic heterocycles. The number of piperidine rings is 2. The van der Waals surface area contributed by atoms with Crippen LogP contribution in [-0.2, 0) is 4.79 Å². The Morgan fingerprint density at radius 1 is 1.32 bits per heavy atom. The lowest BCUT2D eigenvalue weighted by Crippen LogP contribution is -2.52. The molecule has 2 saturated heterocycles. The number of nitrogens with zero attached hydrogens (tertiary/aromatic N) is 1. The van der Waals surface area contributed by atoms with Crippen molar-refractivity contribution in [2.45, 2.75) is 31.7 Å². The molecule has 4 rings (SSSR count). The largest absolute Gasteiger partial charge is 0.481 e. The first-order chi connectivity index (χ1) is 9.13. The Bertz CT molecular complexity index is 474. The molecule has 102 valence electrons. The van der Waals surface area contributed by atoms with Gasteiger partial charge in [0.05, 0.1) is 0 Å². The second-order valence-corrected chi connectivity index (χ2v) is 5.71. The van der Waals surface area contributed by atoms with Gasteiger partial charge < -0.3 is 10.0 Å². The van der Waals surface area contributed by atoms with Gasteiger partial charge >= 0.3 is 5.97 Å². The zero-order chi connectivity index (χ0) is 13.4. The number of carboxylic acids is 1. The topological polar surface area (TPSA) is 40.5 Å². The van der Waals surface area contributed by atoms with Crippen molar-refractivity contribution < 1.29 is 14.3 Å². The van der Waals surface area contributed by atoms with Crippen LogP contribution in [-0.4, -0.2) is 23.7 Å². The summed E-state index contributed by atoms with van der Waals surface area (Å²) < 4.78 is 13.0. The number of hydrogen-bond donors (Lipinski definition) is 1. The second kappa shape index (κ2) is 4.83. The zero-order valence-electron chi connectivity index (χ0n) is 10.8. The molecular formula is C15H18FNO2. The highest BCUT2D eigenvalue weighted by Crippen LogP contribution is 2.42. The molecule has 3 fully saturated rings. The van der Waals surface area contributed by atoms with E-state index >= 15 is 0 Å². The van der Waals surface area contributed by atoms with Gasteiger partial charge in [-0.1, -0.05) is 0 Å². The fraction of sp³-hybridized carbons (Fsp3) is 0.533. The molecular weight excluding hydrogens is 245 g/mol. The second-order valence-electron chi connectivity index (χ2n) is 5.71. The van der Waals surface area contributed by atoms with Gasteiger partial charge in [-0.05, 0) is 55.4 Å². The number of halogens is 1. The molecule has 2 bridgehead atoms. The highest BCUT2D eigenvalue weighted by molar-refractivity contribution is 5.67. The van der Waals surface area contributed by atoms with Gasteiger partial charge in [-0.25, -0.2) is 4.39 Å². The van der Waals surface area contributed by atoms with Crippen LogP contribution in [0.4, 0.5) is 10.1 Å². The number of carboxylic acid groups (broad SMARTS) is 1. The fourth-order valence-electron chi connectivity index (χ4n) is 3.65. The molecule has 1 aromatic carbocycles. The predicted molar refractivity (Wildman–Crippen MR) is 70.6 cm³/mol. The van der Waals surface area contributed by atoms with Crippen LogP contribution in [0.2, 0.25) is 0 Å². The quantitative estimate of drug-likeness (QED) is 0.911. The summed E-state index contributed by atoms with van der Waals surface area (Å²) in [7, 11) is 0. The Balaban J connectivity index is 1.74. The molecule has 0 radical (unpaired) electrons. The summed E-state index contributed by atoms with van der Waals surface area (Å²) >= 11 is 0. The summed E-state index contributed by atoms with van der Waals surface area (Å²) in [4.78, 5) is 13.2. The first kappa shape index (κ1) is 12.5. The molecule has 1 N–H and O–H groups in total. The van der Waals surface area contributed by atoms with Crippen LogP contribution in [0.3, 0.4) is 0 Å². The fourth-order valence-corrected chi connectivity index (χ4v) is 3.65. The Labute approximate surface area is 112 Å². The molecule has 2 aliphatic heterocycles. The van der Waals surface area contributed by atoms with Crippen LogP contribution in [0, 0.1) is 17.7 Å². The number of carbonyl (C=O) groups is 1. The van der Waals surface area contributed by atoms with Crippen molar-refractivity contribution in [1.82, 2.24) is 0 Å². The van der Waals surface area contributed by atoms with E-state index in [0.717, 1.165) is 31.5 Å². The molecule has 0 spiro atoms. The van der Waals surface area contributed by atoms with E-state index < -0.39 is 5.97 Å². The number of benzene rings is 1. The summed E-state index contributed by atoms with van der Waals surface area (Å²) in [5.74, 6) is -0.125. The van der Waals surface area contributed by atoms with Crippen LogP contribution in [0.15, 0.2) is 24.3 Å². The van der Waals surface area contributed by atoms with E-state index in [-0.39, 0.29) is 5.82 Å². The van der Waals surface area contributed by atoms with E-state index in [9.17, 15) is 9.18 Å².